The van der Waals surface area contributed by atoms with Crippen LogP contribution in [-0.2, 0) is 11.3 Å². The second-order valence-electron chi connectivity index (χ2n) is 5.80. The lowest BCUT2D eigenvalue weighted by Crippen LogP contribution is -2.39. The molecule has 0 heterocycles. The summed E-state index contributed by atoms with van der Waals surface area (Å²) in [7, 11) is 0. The van der Waals surface area contributed by atoms with Crippen LogP contribution in [-0.4, -0.2) is 35.1 Å². The summed E-state index contributed by atoms with van der Waals surface area (Å²) < 4.78 is 56.6. The fourth-order valence-corrected chi connectivity index (χ4v) is 2.42. The number of nitrogens with zero attached hydrogens (tertiary/aromatic N) is 2. The minimum Gasteiger partial charge on any atom is -0.493 e. The molecule has 0 N–H and O–H groups in total. The maximum absolute atomic E-state index is 12.9. The molecule has 0 spiro atoms. The van der Waals surface area contributed by atoms with Crippen molar-refractivity contribution in [3.05, 3.63) is 70.0 Å². The molecule has 28 heavy (non-hydrogen) atoms. The molecule has 0 saturated carbocycles. The normalized spacial score (nSPS) is 11.1. The van der Waals surface area contributed by atoms with E-state index in [2.05, 4.69) is 0 Å². The number of benzene rings is 2. The lowest BCUT2D eigenvalue weighted by molar-refractivity contribution is -0.385. The lowest BCUT2D eigenvalue weighted by Gasteiger charge is -2.24. The Morgan fingerprint density at radius 1 is 1.11 bits per heavy atom. The molecule has 1 amide bonds. The van der Waals surface area contributed by atoms with Crippen LogP contribution >= 0.6 is 0 Å². The van der Waals surface area contributed by atoms with Crippen LogP contribution in [0.15, 0.2) is 48.5 Å². The van der Waals surface area contributed by atoms with E-state index in [1.165, 1.54) is 30.3 Å². The highest BCUT2D eigenvalue weighted by Gasteiger charge is 2.33. The summed E-state index contributed by atoms with van der Waals surface area (Å²) in [4.78, 5) is 23.1. The van der Waals surface area contributed by atoms with Gasteiger partial charge in [0.05, 0.1) is 24.5 Å². The highest BCUT2D eigenvalue weighted by Crippen LogP contribution is 2.23. The van der Waals surface area contributed by atoms with Crippen LogP contribution in [0.2, 0.25) is 0 Å². The topological polar surface area (TPSA) is 72.7 Å². The molecule has 0 radical (unpaired) electrons. The van der Waals surface area contributed by atoms with Crippen LogP contribution in [0.4, 0.5) is 23.2 Å². The molecule has 0 aliphatic heterocycles. The van der Waals surface area contributed by atoms with Gasteiger partial charge in [0.15, 0.2) is 0 Å². The van der Waals surface area contributed by atoms with Gasteiger partial charge in [0.2, 0.25) is 5.91 Å². The van der Waals surface area contributed by atoms with Crippen molar-refractivity contribution >= 4 is 11.6 Å². The standard InChI is InChI=1S/C18H16F4N2O4/c19-14-5-7-15(8-6-14)28-10-9-17(25)23(12-18(20,21)22)11-13-3-1-2-4-16(13)24(26)27/h1-8H,9-12H2. The molecule has 0 aliphatic carbocycles. The monoisotopic (exact) mass is 400 g/mol. The molecule has 2 aromatic rings. The fourth-order valence-electron chi connectivity index (χ4n) is 2.42. The third-order valence-electron chi connectivity index (χ3n) is 3.67. The van der Waals surface area contributed by atoms with Crippen LogP contribution < -0.4 is 4.74 Å². The van der Waals surface area contributed by atoms with Gasteiger partial charge in [-0.25, -0.2) is 4.39 Å². The average molecular weight is 400 g/mol. The number of hydrogen-bond donors (Lipinski definition) is 0. The number of ether oxygens (including phenoxy) is 1. The molecule has 10 heteroatoms. The molecule has 0 bridgehead atoms. The third kappa shape index (κ3) is 6.53. The van der Waals surface area contributed by atoms with Crippen molar-refractivity contribution in [3.63, 3.8) is 0 Å². The van der Waals surface area contributed by atoms with Gasteiger partial charge in [-0.3, -0.25) is 14.9 Å². The number of nitro benzene ring substituents is 1. The molecule has 0 fully saturated rings. The minimum atomic E-state index is -4.67. The van der Waals surface area contributed by atoms with Gasteiger partial charge in [-0.2, -0.15) is 13.2 Å². The van der Waals surface area contributed by atoms with E-state index < -0.39 is 35.9 Å². The maximum Gasteiger partial charge on any atom is 0.406 e. The van der Waals surface area contributed by atoms with E-state index >= 15 is 0 Å². The first-order valence-electron chi connectivity index (χ1n) is 8.11. The minimum absolute atomic E-state index is 0.00967. The fraction of sp³-hybridized carbons (Fsp3) is 0.278. The van der Waals surface area contributed by atoms with Crippen LogP contribution in [0.5, 0.6) is 5.75 Å². The predicted octanol–water partition coefficient (Wildman–Crippen LogP) is 4.09. The summed E-state index contributed by atoms with van der Waals surface area (Å²) in [5.74, 6) is -1.10. The number of nitro groups is 1. The summed E-state index contributed by atoms with van der Waals surface area (Å²) in [6.07, 6.45) is -5.05. The van der Waals surface area contributed by atoms with Crippen molar-refractivity contribution in [2.45, 2.75) is 19.1 Å². The first kappa shape index (κ1) is 21.1. The zero-order valence-electron chi connectivity index (χ0n) is 14.5. The molecule has 2 rings (SSSR count). The van der Waals surface area contributed by atoms with E-state index in [9.17, 15) is 32.5 Å². The molecule has 0 atom stereocenters. The summed E-state index contributed by atoms with van der Waals surface area (Å²) in [5.41, 5.74) is -0.380. The zero-order chi connectivity index (χ0) is 20.7. The molecule has 2 aromatic carbocycles. The van der Waals surface area contributed by atoms with E-state index in [0.717, 1.165) is 18.2 Å². The van der Waals surface area contributed by atoms with Crippen molar-refractivity contribution in [1.82, 2.24) is 4.90 Å². The molecular weight excluding hydrogens is 384 g/mol. The summed E-state index contributed by atoms with van der Waals surface area (Å²) in [5, 5.41) is 11.0. The van der Waals surface area contributed by atoms with Gasteiger partial charge in [0.1, 0.15) is 18.1 Å². The Morgan fingerprint density at radius 3 is 2.36 bits per heavy atom. The Hall–Kier alpha value is -3.17. The molecule has 0 unspecified atom stereocenters. The van der Waals surface area contributed by atoms with E-state index in [1.807, 2.05) is 0 Å². The number of hydrogen-bond acceptors (Lipinski definition) is 4. The van der Waals surface area contributed by atoms with Crippen molar-refractivity contribution in [2.75, 3.05) is 13.2 Å². The number of rotatable bonds is 8. The lowest BCUT2D eigenvalue weighted by atomic mass is 10.1. The molecular formula is C18H16F4N2O4. The molecule has 6 nitrogen and oxygen atoms in total. The van der Waals surface area contributed by atoms with Gasteiger partial charge in [-0.15, -0.1) is 0 Å². The van der Waals surface area contributed by atoms with Crippen LogP contribution in [0.3, 0.4) is 0 Å². The van der Waals surface area contributed by atoms with Crippen LogP contribution in [0.25, 0.3) is 0 Å². The molecule has 150 valence electrons. The second kappa shape index (κ2) is 9.16. The summed E-state index contributed by atoms with van der Waals surface area (Å²) >= 11 is 0. The van der Waals surface area contributed by atoms with E-state index in [4.69, 9.17) is 4.74 Å². The summed E-state index contributed by atoms with van der Waals surface area (Å²) in [6.45, 7) is -2.34. The van der Waals surface area contributed by atoms with Gasteiger partial charge < -0.3 is 9.64 Å². The first-order valence-corrected chi connectivity index (χ1v) is 8.11. The maximum atomic E-state index is 12.9. The van der Waals surface area contributed by atoms with Crippen molar-refractivity contribution in [1.29, 1.82) is 0 Å². The zero-order valence-corrected chi connectivity index (χ0v) is 14.5. The SMILES string of the molecule is O=C(CCOc1ccc(F)cc1)N(Cc1ccccc1[N+](=O)[O-])CC(F)(F)F. The van der Waals surface area contributed by atoms with Gasteiger partial charge in [0, 0.05) is 11.6 Å². The van der Waals surface area contributed by atoms with E-state index in [1.54, 1.807) is 0 Å². The van der Waals surface area contributed by atoms with Gasteiger partial charge in [-0.1, -0.05) is 18.2 Å². The predicted molar refractivity (Wildman–Crippen MR) is 91.1 cm³/mol. The van der Waals surface area contributed by atoms with E-state index in [-0.39, 0.29) is 30.0 Å². The highest BCUT2D eigenvalue weighted by molar-refractivity contribution is 5.76. The van der Waals surface area contributed by atoms with Crippen LogP contribution in [0.1, 0.15) is 12.0 Å². The smallest absolute Gasteiger partial charge is 0.406 e. The number of amides is 1. The Labute approximate surface area is 157 Å². The van der Waals surface area contributed by atoms with Crippen molar-refractivity contribution < 1.29 is 32.0 Å². The Balaban J connectivity index is 2.06. The largest absolute Gasteiger partial charge is 0.493 e. The number of para-hydroxylation sites is 1. The Kier molecular flexibility index (Phi) is 6.91. The number of alkyl halides is 3. The molecule has 0 saturated heterocycles. The van der Waals surface area contributed by atoms with Crippen molar-refractivity contribution in [3.8, 4) is 5.75 Å². The van der Waals surface area contributed by atoms with Gasteiger partial charge in [-0.05, 0) is 24.3 Å². The molecule has 0 aromatic heterocycles. The van der Waals surface area contributed by atoms with Crippen LogP contribution in [0, 0.1) is 15.9 Å². The Morgan fingerprint density at radius 2 is 1.75 bits per heavy atom. The second-order valence-corrected chi connectivity index (χ2v) is 5.80. The van der Waals surface area contributed by atoms with Gasteiger partial charge >= 0.3 is 6.18 Å². The first-order chi connectivity index (χ1) is 13.2. The van der Waals surface area contributed by atoms with Crippen molar-refractivity contribution in [2.24, 2.45) is 0 Å². The average Bonchev–Trinajstić information content (AvgIpc) is 2.62. The number of carbonyl (C=O) groups is 1. The van der Waals surface area contributed by atoms with E-state index in [0.29, 0.717) is 4.90 Å². The summed E-state index contributed by atoms with van der Waals surface area (Å²) in [6, 6.07) is 10.2. The Bertz CT molecular complexity index is 825. The molecule has 0 aliphatic rings. The highest BCUT2D eigenvalue weighted by atomic mass is 19.4. The third-order valence-corrected chi connectivity index (χ3v) is 3.67. The number of halogens is 4. The number of carbonyl (C=O) groups excluding carboxylic acids is 1. The van der Waals surface area contributed by atoms with Gasteiger partial charge in [0.25, 0.3) is 5.69 Å². The quantitative estimate of drug-likeness (QED) is 0.380.